The fraction of sp³-hybridized carbons (Fsp3) is 0.308. The van der Waals surface area contributed by atoms with E-state index in [2.05, 4.69) is 12.1 Å². The smallest absolute Gasteiger partial charge is 0.170 e. The first-order chi connectivity index (χ1) is 22.3. The molecule has 1 saturated heterocycles. The predicted molar refractivity (Wildman–Crippen MR) is 169 cm³/mol. The molecule has 7 heteroatoms. The normalized spacial score (nSPS) is 24.7. The molecule has 0 spiro atoms. The van der Waals surface area contributed by atoms with E-state index < -0.39 is 23.6 Å². The van der Waals surface area contributed by atoms with Gasteiger partial charge in [0.15, 0.2) is 11.6 Å². The minimum Gasteiger partial charge on any atom is -0.487 e. The molecule has 1 N–H and O–H groups in total. The summed E-state index contributed by atoms with van der Waals surface area (Å²) in [5, 5.41) is 9.90. The highest BCUT2D eigenvalue weighted by atomic mass is 19.1. The molecule has 2 unspecified atom stereocenters. The number of hydrogen-bond donors (Lipinski definition) is 1. The summed E-state index contributed by atoms with van der Waals surface area (Å²) in [6.07, 6.45) is 1.60. The monoisotopic (exact) mass is 620 g/mol. The summed E-state index contributed by atoms with van der Waals surface area (Å²) >= 11 is 0. The molecule has 234 valence electrons. The lowest BCUT2D eigenvalue weighted by atomic mass is 9.86. The van der Waals surface area contributed by atoms with Crippen molar-refractivity contribution in [1.29, 1.82) is 0 Å². The molecule has 4 aromatic carbocycles. The Hall–Kier alpha value is -4.17. The third-order valence-electron chi connectivity index (χ3n) is 9.92. The average Bonchev–Trinajstić information content (AvgIpc) is 3.59. The van der Waals surface area contributed by atoms with E-state index in [0.717, 1.165) is 44.5 Å². The molecule has 0 amide bonds. The lowest BCUT2D eigenvalue weighted by molar-refractivity contribution is -0.153. The first-order valence-electron chi connectivity index (χ1n) is 15.9. The molecule has 0 saturated carbocycles. The molecular formula is C39H34F2O5. The van der Waals surface area contributed by atoms with Gasteiger partial charge >= 0.3 is 0 Å². The summed E-state index contributed by atoms with van der Waals surface area (Å²) in [5.41, 5.74) is 8.77. The van der Waals surface area contributed by atoms with Crippen LogP contribution in [0.5, 0.6) is 0 Å². The summed E-state index contributed by atoms with van der Waals surface area (Å²) in [5.74, 6) is -1.88. The number of Topliss-reactive ketones (excluding diaryl/α,β-unsaturated/α-hetero) is 1. The molecule has 46 heavy (non-hydrogen) atoms. The number of fused-ring (bicyclic) bond motifs is 6. The molecular weight excluding hydrogens is 586 g/mol. The Morgan fingerprint density at radius 3 is 2.46 bits per heavy atom. The molecule has 8 rings (SSSR count). The van der Waals surface area contributed by atoms with E-state index in [0.29, 0.717) is 49.0 Å². The van der Waals surface area contributed by atoms with Crippen molar-refractivity contribution in [3.63, 3.8) is 0 Å². The minimum atomic E-state index is -1.06. The number of carbonyl (C=O) groups is 1. The van der Waals surface area contributed by atoms with Gasteiger partial charge in [0.1, 0.15) is 23.5 Å². The Labute approximate surface area is 266 Å². The molecule has 0 radical (unpaired) electrons. The molecule has 0 aromatic heterocycles. The zero-order valence-electron chi connectivity index (χ0n) is 25.5. The van der Waals surface area contributed by atoms with Crippen LogP contribution in [0.25, 0.3) is 11.3 Å². The van der Waals surface area contributed by atoms with Gasteiger partial charge in [0.2, 0.25) is 0 Å². The Balaban J connectivity index is 1.09. The second-order valence-corrected chi connectivity index (χ2v) is 13.1. The summed E-state index contributed by atoms with van der Waals surface area (Å²) in [4.78, 5) is 13.9. The Bertz CT molecular complexity index is 1910. The molecule has 4 aliphatic rings. The third-order valence-corrected chi connectivity index (χ3v) is 9.92. The summed E-state index contributed by atoms with van der Waals surface area (Å²) < 4.78 is 48.7. The van der Waals surface area contributed by atoms with Crippen molar-refractivity contribution < 1.29 is 32.9 Å². The first-order valence-corrected chi connectivity index (χ1v) is 15.9. The molecule has 2 heterocycles. The van der Waals surface area contributed by atoms with E-state index in [9.17, 15) is 14.3 Å². The van der Waals surface area contributed by atoms with Crippen LogP contribution in [0.3, 0.4) is 0 Å². The summed E-state index contributed by atoms with van der Waals surface area (Å²) in [6, 6.07) is 23.5. The second kappa shape index (κ2) is 11.3. The zero-order valence-corrected chi connectivity index (χ0v) is 25.5. The number of halogens is 2. The van der Waals surface area contributed by atoms with Crippen LogP contribution in [0.4, 0.5) is 8.78 Å². The van der Waals surface area contributed by atoms with Gasteiger partial charge in [-0.25, -0.2) is 8.78 Å². The number of ether oxygens (including phenoxy) is 3. The molecule has 4 atom stereocenters. The zero-order chi connectivity index (χ0) is 31.6. The standard InChI is InChI=1S/C39H34F2O5/c1-39(19-25-13-27(41)16-35-32(25)14-23-7-3-5-9-31(23)36-17-28(20-42)45-38(35)36)44-21-29(46-39)18-34-30-8-4-2-6-22(30)12-24-10-11-26(40)15-33(24)37(34)43/h2-11,13,15-16,28-29,34,42H,12,14,17-21H2,1H3/t28-,29-,34?,39?/m1/s1. The van der Waals surface area contributed by atoms with Gasteiger partial charge in [0.25, 0.3) is 0 Å². The van der Waals surface area contributed by atoms with Gasteiger partial charge < -0.3 is 19.3 Å². The van der Waals surface area contributed by atoms with Crippen molar-refractivity contribution in [2.45, 2.75) is 62.9 Å². The van der Waals surface area contributed by atoms with Gasteiger partial charge in [0.05, 0.1) is 25.2 Å². The van der Waals surface area contributed by atoms with E-state index in [1.807, 2.05) is 43.3 Å². The van der Waals surface area contributed by atoms with Crippen LogP contribution in [0, 0.1) is 11.6 Å². The largest absolute Gasteiger partial charge is 0.487 e. The maximum absolute atomic E-state index is 15.3. The Morgan fingerprint density at radius 2 is 1.61 bits per heavy atom. The maximum atomic E-state index is 15.3. The molecule has 0 bridgehead atoms. The minimum absolute atomic E-state index is 0.118. The first kappa shape index (κ1) is 29.2. The van der Waals surface area contributed by atoms with E-state index in [4.69, 9.17) is 14.2 Å². The van der Waals surface area contributed by atoms with Crippen LogP contribution >= 0.6 is 0 Å². The van der Waals surface area contributed by atoms with Crippen LogP contribution in [0.2, 0.25) is 0 Å². The van der Waals surface area contributed by atoms with Gasteiger partial charge in [-0.1, -0.05) is 54.6 Å². The quantitative estimate of drug-likeness (QED) is 0.257. The van der Waals surface area contributed by atoms with Crippen molar-refractivity contribution in [2.24, 2.45) is 0 Å². The maximum Gasteiger partial charge on any atom is 0.170 e. The fourth-order valence-corrected chi connectivity index (χ4v) is 7.82. The van der Waals surface area contributed by atoms with Gasteiger partial charge in [-0.3, -0.25) is 4.79 Å². The van der Waals surface area contributed by atoms with Gasteiger partial charge in [-0.05, 0) is 89.4 Å². The van der Waals surface area contributed by atoms with Crippen molar-refractivity contribution in [1.82, 2.24) is 0 Å². The van der Waals surface area contributed by atoms with E-state index in [-0.39, 0.29) is 30.9 Å². The number of ketones is 1. The van der Waals surface area contributed by atoms with Crippen LogP contribution in [-0.2, 0) is 33.5 Å². The van der Waals surface area contributed by atoms with E-state index in [1.54, 1.807) is 12.1 Å². The lowest BCUT2D eigenvalue weighted by Crippen LogP contribution is -2.31. The number of hydrogen-bond acceptors (Lipinski definition) is 5. The van der Waals surface area contributed by atoms with Crippen LogP contribution in [-0.4, -0.2) is 42.1 Å². The van der Waals surface area contributed by atoms with Crippen molar-refractivity contribution in [2.75, 3.05) is 13.2 Å². The molecule has 1 fully saturated rings. The Kier molecular flexibility index (Phi) is 7.16. The molecule has 2 aliphatic carbocycles. The van der Waals surface area contributed by atoms with Gasteiger partial charge in [0, 0.05) is 29.5 Å². The van der Waals surface area contributed by atoms with E-state index in [1.165, 1.54) is 18.2 Å². The molecule has 5 nitrogen and oxygen atoms in total. The lowest BCUT2D eigenvalue weighted by Gasteiger charge is -2.27. The van der Waals surface area contributed by atoms with Crippen molar-refractivity contribution in [3.8, 4) is 0 Å². The topological polar surface area (TPSA) is 65.0 Å². The van der Waals surface area contributed by atoms with Crippen molar-refractivity contribution in [3.05, 3.63) is 141 Å². The molecule has 4 aromatic rings. The molecule has 2 aliphatic heterocycles. The number of rotatable bonds is 5. The highest BCUT2D eigenvalue weighted by molar-refractivity contribution is 6.03. The summed E-state index contributed by atoms with van der Waals surface area (Å²) in [6.45, 7) is 2.01. The van der Waals surface area contributed by atoms with Gasteiger partial charge in [-0.15, -0.1) is 0 Å². The third kappa shape index (κ3) is 5.07. The Morgan fingerprint density at radius 1 is 0.848 bits per heavy atom. The average molecular weight is 621 g/mol. The fourth-order valence-electron chi connectivity index (χ4n) is 7.82. The van der Waals surface area contributed by atoms with Crippen LogP contribution in [0.1, 0.15) is 80.5 Å². The highest BCUT2D eigenvalue weighted by Crippen LogP contribution is 2.46. The SMILES string of the molecule is CC1(Cc2cc(F)cc3c2Cc2ccccc2C2=C3O[C@@H](CO)C2)OC[C@@H](CC2C(=O)c3cc(F)ccc3Cc3ccccc32)O1. The second-order valence-electron chi connectivity index (χ2n) is 13.1. The highest BCUT2D eigenvalue weighted by Gasteiger charge is 2.42. The van der Waals surface area contributed by atoms with Crippen molar-refractivity contribution >= 4 is 17.1 Å². The number of aliphatic hydroxyl groups excluding tert-OH is 1. The number of aliphatic hydroxyl groups is 1. The predicted octanol–water partition coefficient (Wildman–Crippen LogP) is 7.15. The number of benzene rings is 4. The van der Waals surface area contributed by atoms with E-state index >= 15 is 4.39 Å². The van der Waals surface area contributed by atoms with Crippen LogP contribution < -0.4 is 0 Å². The van der Waals surface area contributed by atoms with Gasteiger partial charge in [-0.2, -0.15) is 0 Å². The summed E-state index contributed by atoms with van der Waals surface area (Å²) in [7, 11) is 0. The number of carbonyl (C=O) groups excluding carboxylic acids is 1. The van der Waals surface area contributed by atoms with Crippen LogP contribution in [0.15, 0.2) is 78.9 Å².